The van der Waals surface area contributed by atoms with Crippen molar-refractivity contribution in [1.82, 2.24) is 0 Å². The van der Waals surface area contributed by atoms with Crippen LogP contribution in [0.4, 0.5) is 11.4 Å². The summed E-state index contributed by atoms with van der Waals surface area (Å²) in [6.07, 6.45) is 0.457. The molecule has 0 heterocycles. The molecule has 0 unspecified atom stereocenters. The lowest BCUT2D eigenvalue weighted by Gasteiger charge is -2.06. The molecule has 0 aliphatic heterocycles. The maximum atomic E-state index is 11.9. The van der Waals surface area contributed by atoms with E-state index in [2.05, 4.69) is 5.32 Å². The molecule has 3 nitrogen and oxygen atoms in total. The Bertz CT molecular complexity index is 523. The molecular formula is C15H16N2O. The fourth-order valence-electron chi connectivity index (χ4n) is 1.73. The van der Waals surface area contributed by atoms with Gasteiger partial charge in [0.05, 0.1) is 0 Å². The quantitative estimate of drug-likeness (QED) is 0.624. The lowest BCUT2D eigenvalue weighted by Crippen LogP contribution is -2.09. The first-order valence-corrected chi connectivity index (χ1v) is 5.93. The van der Waals surface area contributed by atoms with Gasteiger partial charge >= 0.3 is 0 Å². The van der Waals surface area contributed by atoms with E-state index in [0.29, 0.717) is 24.2 Å². The standard InChI is InChI=1S/C15H16N2O/c16-13-6-4-5-12(11-13)15(18)9-10-17-14-7-2-1-3-8-14/h1-8,11,17H,9-10,16H2. The van der Waals surface area contributed by atoms with E-state index in [9.17, 15) is 4.79 Å². The van der Waals surface area contributed by atoms with Crippen molar-refractivity contribution in [3.63, 3.8) is 0 Å². The maximum Gasteiger partial charge on any atom is 0.164 e. The molecule has 0 aliphatic rings. The van der Waals surface area contributed by atoms with E-state index < -0.39 is 0 Å². The third-order valence-electron chi connectivity index (χ3n) is 2.66. The van der Waals surface area contributed by atoms with Gasteiger partial charge < -0.3 is 11.1 Å². The Morgan fingerprint density at radius 3 is 2.56 bits per heavy atom. The molecule has 92 valence electrons. The molecule has 0 atom stereocenters. The Hall–Kier alpha value is -2.29. The number of hydrogen-bond donors (Lipinski definition) is 2. The first-order valence-electron chi connectivity index (χ1n) is 5.93. The second kappa shape index (κ2) is 5.87. The second-order valence-corrected chi connectivity index (χ2v) is 4.09. The molecule has 0 saturated carbocycles. The van der Waals surface area contributed by atoms with Crippen LogP contribution in [0.1, 0.15) is 16.8 Å². The van der Waals surface area contributed by atoms with Crippen LogP contribution in [0, 0.1) is 0 Å². The van der Waals surface area contributed by atoms with Crippen molar-refractivity contribution in [2.45, 2.75) is 6.42 Å². The average Bonchev–Trinajstić information content (AvgIpc) is 2.40. The van der Waals surface area contributed by atoms with Gasteiger partial charge in [-0.1, -0.05) is 30.3 Å². The van der Waals surface area contributed by atoms with Crippen molar-refractivity contribution < 1.29 is 4.79 Å². The van der Waals surface area contributed by atoms with Crippen LogP contribution in [0.15, 0.2) is 54.6 Å². The van der Waals surface area contributed by atoms with Crippen LogP contribution in [0.2, 0.25) is 0 Å². The minimum atomic E-state index is 0.103. The molecule has 18 heavy (non-hydrogen) atoms. The van der Waals surface area contributed by atoms with Crippen LogP contribution in [0.25, 0.3) is 0 Å². The molecule has 0 aromatic heterocycles. The van der Waals surface area contributed by atoms with Gasteiger partial charge in [-0.05, 0) is 24.3 Å². The lowest BCUT2D eigenvalue weighted by atomic mass is 10.1. The van der Waals surface area contributed by atoms with Gasteiger partial charge in [0, 0.05) is 29.9 Å². The molecule has 0 amide bonds. The van der Waals surface area contributed by atoms with Crippen molar-refractivity contribution in [3.8, 4) is 0 Å². The van der Waals surface area contributed by atoms with Crippen LogP contribution in [0.3, 0.4) is 0 Å². The van der Waals surface area contributed by atoms with Crippen LogP contribution >= 0.6 is 0 Å². The monoisotopic (exact) mass is 240 g/mol. The van der Waals surface area contributed by atoms with Gasteiger partial charge in [0.15, 0.2) is 5.78 Å². The highest BCUT2D eigenvalue weighted by Gasteiger charge is 2.05. The first kappa shape index (κ1) is 12.2. The fraction of sp³-hybridized carbons (Fsp3) is 0.133. The van der Waals surface area contributed by atoms with Crippen molar-refractivity contribution in [3.05, 3.63) is 60.2 Å². The average molecular weight is 240 g/mol. The van der Waals surface area contributed by atoms with E-state index in [1.54, 1.807) is 24.3 Å². The van der Waals surface area contributed by atoms with E-state index in [4.69, 9.17) is 5.73 Å². The summed E-state index contributed by atoms with van der Waals surface area (Å²) in [6.45, 7) is 0.623. The predicted octanol–water partition coefficient (Wildman–Crippen LogP) is 2.95. The molecule has 0 radical (unpaired) electrons. The number of anilines is 2. The van der Waals surface area contributed by atoms with Crippen molar-refractivity contribution >= 4 is 17.2 Å². The third kappa shape index (κ3) is 3.35. The zero-order valence-electron chi connectivity index (χ0n) is 10.1. The second-order valence-electron chi connectivity index (χ2n) is 4.09. The number of carbonyl (C=O) groups is 1. The summed E-state index contributed by atoms with van der Waals surface area (Å²) in [6, 6.07) is 16.9. The smallest absolute Gasteiger partial charge is 0.164 e. The molecule has 0 saturated heterocycles. The van der Waals surface area contributed by atoms with Gasteiger partial charge in [0.1, 0.15) is 0 Å². The highest BCUT2D eigenvalue weighted by molar-refractivity contribution is 5.97. The van der Waals surface area contributed by atoms with Gasteiger partial charge in [-0.2, -0.15) is 0 Å². The maximum absolute atomic E-state index is 11.9. The Balaban J connectivity index is 1.86. The Labute approximate surface area is 107 Å². The molecule has 0 spiro atoms. The molecule has 2 aromatic carbocycles. The van der Waals surface area contributed by atoms with Gasteiger partial charge in [-0.15, -0.1) is 0 Å². The lowest BCUT2D eigenvalue weighted by molar-refractivity contribution is 0.0986. The third-order valence-corrected chi connectivity index (χ3v) is 2.66. The minimum absolute atomic E-state index is 0.103. The Morgan fingerprint density at radius 1 is 1.06 bits per heavy atom. The van der Waals surface area contributed by atoms with E-state index >= 15 is 0 Å². The number of benzene rings is 2. The predicted molar refractivity (Wildman–Crippen MR) is 74.7 cm³/mol. The van der Waals surface area contributed by atoms with Crippen LogP contribution in [-0.2, 0) is 0 Å². The van der Waals surface area contributed by atoms with E-state index in [1.807, 2.05) is 30.3 Å². The number of ketones is 1. The highest BCUT2D eigenvalue weighted by atomic mass is 16.1. The normalized spacial score (nSPS) is 10.0. The van der Waals surface area contributed by atoms with Crippen molar-refractivity contribution in [2.24, 2.45) is 0 Å². The topological polar surface area (TPSA) is 55.1 Å². The van der Waals surface area contributed by atoms with Gasteiger partial charge in [-0.25, -0.2) is 0 Å². The zero-order chi connectivity index (χ0) is 12.8. The van der Waals surface area contributed by atoms with Crippen LogP contribution in [-0.4, -0.2) is 12.3 Å². The summed E-state index contributed by atoms with van der Waals surface area (Å²) in [7, 11) is 0. The van der Waals surface area contributed by atoms with Gasteiger partial charge in [-0.3, -0.25) is 4.79 Å². The highest BCUT2D eigenvalue weighted by Crippen LogP contribution is 2.10. The molecule has 2 aromatic rings. The first-order chi connectivity index (χ1) is 8.75. The SMILES string of the molecule is Nc1cccc(C(=O)CCNc2ccccc2)c1. The summed E-state index contributed by atoms with van der Waals surface area (Å²) < 4.78 is 0. The number of Topliss-reactive ketones (excluding diaryl/α,β-unsaturated/α-hetero) is 1. The molecule has 2 rings (SSSR count). The molecular weight excluding hydrogens is 224 g/mol. The summed E-state index contributed by atoms with van der Waals surface area (Å²) >= 11 is 0. The number of nitrogen functional groups attached to an aromatic ring is 1. The number of rotatable bonds is 5. The van der Waals surface area contributed by atoms with Crippen molar-refractivity contribution in [2.75, 3.05) is 17.6 Å². The molecule has 0 fully saturated rings. The Morgan fingerprint density at radius 2 is 1.83 bits per heavy atom. The van der Waals surface area contributed by atoms with Crippen molar-refractivity contribution in [1.29, 1.82) is 0 Å². The van der Waals surface area contributed by atoms with E-state index in [1.165, 1.54) is 0 Å². The molecule has 3 N–H and O–H groups in total. The molecule has 0 aliphatic carbocycles. The van der Waals surface area contributed by atoms with E-state index in [-0.39, 0.29) is 5.78 Å². The number of hydrogen-bond acceptors (Lipinski definition) is 3. The molecule has 3 heteroatoms. The van der Waals surface area contributed by atoms with Gasteiger partial charge in [0.2, 0.25) is 0 Å². The zero-order valence-corrected chi connectivity index (χ0v) is 10.1. The number of para-hydroxylation sites is 1. The number of nitrogens with two attached hydrogens (primary N) is 1. The number of nitrogens with one attached hydrogen (secondary N) is 1. The molecule has 0 bridgehead atoms. The Kier molecular flexibility index (Phi) is 3.97. The summed E-state index contributed by atoms with van der Waals surface area (Å²) in [5, 5.41) is 3.21. The van der Waals surface area contributed by atoms with Crippen LogP contribution in [0.5, 0.6) is 0 Å². The summed E-state index contributed by atoms with van der Waals surface area (Å²) in [4.78, 5) is 11.9. The largest absolute Gasteiger partial charge is 0.399 e. The summed E-state index contributed by atoms with van der Waals surface area (Å²) in [5.74, 6) is 0.103. The fourth-order valence-corrected chi connectivity index (χ4v) is 1.73. The minimum Gasteiger partial charge on any atom is -0.399 e. The summed E-state index contributed by atoms with van der Waals surface area (Å²) in [5.41, 5.74) is 7.97. The van der Waals surface area contributed by atoms with Crippen LogP contribution < -0.4 is 11.1 Å². The number of carbonyl (C=O) groups excluding carboxylic acids is 1. The van der Waals surface area contributed by atoms with Gasteiger partial charge in [0.25, 0.3) is 0 Å². The van der Waals surface area contributed by atoms with E-state index in [0.717, 1.165) is 5.69 Å².